The van der Waals surface area contributed by atoms with E-state index < -0.39 is 0 Å². The van der Waals surface area contributed by atoms with Crippen molar-refractivity contribution in [2.75, 3.05) is 0 Å². The molecular formula is C18H29N. The lowest BCUT2D eigenvalue weighted by Gasteiger charge is -2.31. The highest BCUT2D eigenvalue weighted by molar-refractivity contribution is 5.38. The van der Waals surface area contributed by atoms with Gasteiger partial charge in [-0.25, -0.2) is 0 Å². The zero-order chi connectivity index (χ0) is 13.9. The molecule has 0 amide bonds. The van der Waals surface area contributed by atoms with Crippen LogP contribution in [0.1, 0.15) is 68.6 Å². The Morgan fingerprint density at radius 3 is 2.74 bits per heavy atom. The standard InChI is InChI=1S/C18H29N/c1-4-7-16-9-6-12-18(19,13-11-16)17-10-5-8-14(2)15(17)3/h5,8,10,16H,4,6-7,9,11-13,19H2,1-3H3. The number of nitrogens with two attached hydrogens (primary N) is 1. The second kappa shape index (κ2) is 6.09. The molecule has 2 atom stereocenters. The number of rotatable bonds is 3. The van der Waals surface area contributed by atoms with Gasteiger partial charge in [-0.05, 0) is 55.7 Å². The fourth-order valence-electron chi connectivity index (χ4n) is 3.69. The molecule has 0 saturated heterocycles. The first kappa shape index (κ1) is 14.6. The van der Waals surface area contributed by atoms with Crippen LogP contribution < -0.4 is 5.73 Å². The molecule has 1 fully saturated rings. The topological polar surface area (TPSA) is 26.0 Å². The maximum absolute atomic E-state index is 6.81. The van der Waals surface area contributed by atoms with Crippen molar-refractivity contribution in [1.82, 2.24) is 0 Å². The van der Waals surface area contributed by atoms with Gasteiger partial charge in [-0.15, -0.1) is 0 Å². The summed E-state index contributed by atoms with van der Waals surface area (Å²) < 4.78 is 0. The van der Waals surface area contributed by atoms with Gasteiger partial charge in [0.25, 0.3) is 0 Å². The van der Waals surface area contributed by atoms with Crippen molar-refractivity contribution >= 4 is 0 Å². The largest absolute Gasteiger partial charge is 0.321 e. The molecule has 0 aromatic heterocycles. The summed E-state index contributed by atoms with van der Waals surface area (Å²) in [4.78, 5) is 0. The van der Waals surface area contributed by atoms with Gasteiger partial charge in [-0.2, -0.15) is 0 Å². The van der Waals surface area contributed by atoms with E-state index in [0.29, 0.717) is 0 Å². The minimum atomic E-state index is -0.0847. The average Bonchev–Trinajstić information content (AvgIpc) is 2.57. The highest BCUT2D eigenvalue weighted by atomic mass is 14.7. The summed E-state index contributed by atoms with van der Waals surface area (Å²) in [6, 6.07) is 6.61. The molecule has 2 N–H and O–H groups in total. The molecular weight excluding hydrogens is 230 g/mol. The van der Waals surface area contributed by atoms with Gasteiger partial charge in [0.05, 0.1) is 0 Å². The van der Waals surface area contributed by atoms with E-state index in [1.165, 1.54) is 48.8 Å². The fourth-order valence-corrected chi connectivity index (χ4v) is 3.69. The minimum Gasteiger partial charge on any atom is -0.321 e. The summed E-state index contributed by atoms with van der Waals surface area (Å²) in [5, 5.41) is 0. The Hall–Kier alpha value is -0.820. The Labute approximate surface area is 118 Å². The van der Waals surface area contributed by atoms with Crippen molar-refractivity contribution in [3.05, 3.63) is 34.9 Å². The number of aryl methyl sites for hydroxylation is 1. The van der Waals surface area contributed by atoms with Crippen LogP contribution in [0, 0.1) is 19.8 Å². The van der Waals surface area contributed by atoms with E-state index >= 15 is 0 Å². The van der Waals surface area contributed by atoms with Crippen molar-refractivity contribution < 1.29 is 0 Å². The Kier molecular flexibility index (Phi) is 4.67. The molecule has 2 rings (SSSR count). The first-order chi connectivity index (χ1) is 9.07. The molecule has 2 unspecified atom stereocenters. The second-order valence-corrected chi connectivity index (χ2v) is 6.49. The number of benzene rings is 1. The second-order valence-electron chi connectivity index (χ2n) is 6.49. The predicted octanol–water partition coefficient (Wildman–Crippen LogP) is 4.84. The minimum absolute atomic E-state index is 0.0847. The van der Waals surface area contributed by atoms with Crippen molar-refractivity contribution in [3.8, 4) is 0 Å². The van der Waals surface area contributed by atoms with Crippen LogP contribution in [0.5, 0.6) is 0 Å². The van der Waals surface area contributed by atoms with Crippen molar-refractivity contribution in [3.63, 3.8) is 0 Å². The van der Waals surface area contributed by atoms with Gasteiger partial charge >= 0.3 is 0 Å². The Morgan fingerprint density at radius 2 is 2.00 bits per heavy atom. The van der Waals surface area contributed by atoms with Crippen LogP contribution in [0.4, 0.5) is 0 Å². The highest BCUT2D eigenvalue weighted by Crippen LogP contribution is 2.38. The van der Waals surface area contributed by atoms with E-state index in [0.717, 1.165) is 18.8 Å². The molecule has 1 aliphatic carbocycles. The molecule has 0 heterocycles. The van der Waals surface area contributed by atoms with Crippen LogP contribution >= 0.6 is 0 Å². The zero-order valence-corrected chi connectivity index (χ0v) is 12.8. The van der Waals surface area contributed by atoms with Crippen molar-refractivity contribution in [1.29, 1.82) is 0 Å². The summed E-state index contributed by atoms with van der Waals surface area (Å²) in [7, 11) is 0. The third-order valence-electron chi connectivity index (χ3n) is 5.07. The highest BCUT2D eigenvalue weighted by Gasteiger charge is 2.32. The summed E-state index contributed by atoms with van der Waals surface area (Å²) in [5.41, 5.74) is 10.9. The van der Waals surface area contributed by atoms with E-state index in [2.05, 4.69) is 39.0 Å². The summed E-state index contributed by atoms with van der Waals surface area (Å²) in [6.07, 6.45) is 8.96. The van der Waals surface area contributed by atoms with Gasteiger partial charge in [-0.3, -0.25) is 0 Å². The lowest BCUT2D eigenvalue weighted by atomic mass is 9.80. The van der Waals surface area contributed by atoms with Gasteiger partial charge in [0.15, 0.2) is 0 Å². The third-order valence-corrected chi connectivity index (χ3v) is 5.07. The van der Waals surface area contributed by atoms with Crippen LogP contribution in [-0.4, -0.2) is 0 Å². The fraction of sp³-hybridized carbons (Fsp3) is 0.667. The molecule has 19 heavy (non-hydrogen) atoms. The maximum atomic E-state index is 6.81. The molecule has 0 bridgehead atoms. The molecule has 0 aliphatic heterocycles. The first-order valence-corrected chi connectivity index (χ1v) is 7.92. The molecule has 0 radical (unpaired) electrons. The van der Waals surface area contributed by atoms with E-state index in [9.17, 15) is 0 Å². The monoisotopic (exact) mass is 259 g/mol. The summed E-state index contributed by atoms with van der Waals surface area (Å²) >= 11 is 0. The molecule has 0 spiro atoms. The normalized spacial score (nSPS) is 28.1. The molecule has 1 saturated carbocycles. The van der Waals surface area contributed by atoms with Crippen LogP contribution in [0.15, 0.2) is 18.2 Å². The molecule has 1 aromatic carbocycles. The summed E-state index contributed by atoms with van der Waals surface area (Å²) in [5.74, 6) is 0.903. The molecule has 1 aromatic rings. The van der Waals surface area contributed by atoms with Crippen LogP contribution in [0.2, 0.25) is 0 Å². The average molecular weight is 259 g/mol. The van der Waals surface area contributed by atoms with Crippen LogP contribution in [-0.2, 0) is 5.54 Å². The zero-order valence-electron chi connectivity index (χ0n) is 12.8. The smallest absolute Gasteiger partial charge is 0.0412 e. The SMILES string of the molecule is CCCC1CCCC(N)(c2cccc(C)c2C)CC1. The van der Waals surface area contributed by atoms with E-state index in [-0.39, 0.29) is 5.54 Å². The first-order valence-electron chi connectivity index (χ1n) is 7.92. The number of hydrogen-bond acceptors (Lipinski definition) is 1. The van der Waals surface area contributed by atoms with Crippen molar-refractivity contribution in [2.24, 2.45) is 11.7 Å². The Bertz CT molecular complexity index is 424. The van der Waals surface area contributed by atoms with Crippen molar-refractivity contribution in [2.45, 2.75) is 71.3 Å². The lowest BCUT2D eigenvalue weighted by Crippen LogP contribution is -2.37. The van der Waals surface area contributed by atoms with Crippen LogP contribution in [0.3, 0.4) is 0 Å². The van der Waals surface area contributed by atoms with Crippen LogP contribution in [0.25, 0.3) is 0 Å². The van der Waals surface area contributed by atoms with E-state index in [1.807, 2.05) is 0 Å². The molecule has 1 heteroatoms. The predicted molar refractivity (Wildman–Crippen MR) is 83.3 cm³/mol. The van der Waals surface area contributed by atoms with E-state index in [1.54, 1.807) is 0 Å². The third kappa shape index (κ3) is 3.20. The van der Waals surface area contributed by atoms with Gasteiger partial charge < -0.3 is 5.73 Å². The molecule has 1 aliphatic rings. The molecule has 1 nitrogen and oxygen atoms in total. The maximum Gasteiger partial charge on any atom is 0.0412 e. The Balaban J connectivity index is 2.20. The van der Waals surface area contributed by atoms with Gasteiger partial charge in [0, 0.05) is 5.54 Å². The van der Waals surface area contributed by atoms with Gasteiger partial charge in [0.2, 0.25) is 0 Å². The number of hydrogen-bond donors (Lipinski definition) is 1. The lowest BCUT2D eigenvalue weighted by molar-refractivity contribution is 0.365. The van der Waals surface area contributed by atoms with Gasteiger partial charge in [0.1, 0.15) is 0 Å². The van der Waals surface area contributed by atoms with Gasteiger partial charge in [-0.1, -0.05) is 50.8 Å². The quantitative estimate of drug-likeness (QED) is 0.772. The Morgan fingerprint density at radius 1 is 1.21 bits per heavy atom. The van der Waals surface area contributed by atoms with E-state index in [4.69, 9.17) is 5.73 Å². The molecule has 106 valence electrons. The summed E-state index contributed by atoms with van der Waals surface area (Å²) in [6.45, 7) is 6.72.